The monoisotopic (exact) mass is 571 g/mol. The molecule has 7 heteroatoms. The molecule has 1 aromatic heterocycles. The highest BCUT2D eigenvalue weighted by Gasteiger charge is 2.34. The van der Waals surface area contributed by atoms with Crippen LogP contribution in [0.4, 0.5) is 5.69 Å². The lowest BCUT2D eigenvalue weighted by Crippen LogP contribution is -2.47. The number of halogens is 1. The summed E-state index contributed by atoms with van der Waals surface area (Å²) in [7, 11) is 2.10. The molecule has 3 heterocycles. The maximum absolute atomic E-state index is 13.5. The van der Waals surface area contributed by atoms with E-state index in [9.17, 15) is 9.90 Å². The molecule has 2 fully saturated rings. The number of benzene rings is 3. The Hall–Kier alpha value is -3.32. The van der Waals surface area contributed by atoms with Crippen LogP contribution in [0.5, 0.6) is 0 Å². The summed E-state index contributed by atoms with van der Waals surface area (Å²) in [5.41, 5.74) is 6.12. The van der Waals surface area contributed by atoms with E-state index in [2.05, 4.69) is 59.0 Å². The molecule has 2 aliphatic heterocycles. The molecule has 0 spiro atoms. The molecule has 0 bridgehead atoms. The first-order valence-electron chi connectivity index (χ1n) is 14.6. The number of ether oxygens (including phenoxy) is 1. The summed E-state index contributed by atoms with van der Waals surface area (Å²) in [5.74, 6) is 0.148. The normalized spacial score (nSPS) is 17.2. The van der Waals surface area contributed by atoms with Gasteiger partial charge >= 0.3 is 0 Å². The van der Waals surface area contributed by atoms with Crippen molar-refractivity contribution in [3.63, 3.8) is 0 Å². The number of amides is 1. The van der Waals surface area contributed by atoms with E-state index in [1.807, 2.05) is 35.2 Å². The number of fused-ring (bicyclic) bond motifs is 1. The minimum Gasteiger partial charge on any atom is -0.389 e. The van der Waals surface area contributed by atoms with E-state index < -0.39 is 5.60 Å². The standard InChI is InChI=1S/C34H38ClN3O3/c1-36-31-13-11-28(37-19-21-41-22-20-37)23-30(31)29(33(36)26-7-9-27(35)10-8-26)12-14-32(39)38-17-15-34(40,16-18-38)24-25-5-3-2-4-6-25/h2-11,13,23,40H,12,14-22,24H2,1H3. The summed E-state index contributed by atoms with van der Waals surface area (Å²) in [4.78, 5) is 17.8. The van der Waals surface area contributed by atoms with Crippen molar-refractivity contribution >= 4 is 34.1 Å². The first-order chi connectivity index (χ1) is 19.9. The van der Waals surface area contributed by atoms with Crippen LogP contribution in [0, 0.1) is 0 Å². The number of nitrogens with zero attached hydrogens (tertiary/aromatic N) is 3. The van der Waals surface area contributed by atoms with Gasteiger partial charge in [0.05, 0.1) is 24.5 Å². The van der Waals surface area contributed by atoms with Crippen LogP contribution in [0.3, 0.4) is 0 Å². The highest BCUT2D eigenvalue weighted by molar-refractivity contribution is 6.30. The predicted molar refractivity (Wildman–Crippen MR) is 166 cm³/mol. The zero-order valence-electron chi connectivity index (χ0n) is 23.7. The van der Waals surface area contributed by atoms with Crippen molar-refractivity contribution in [2.75, 3.05) is 44.3 Å². The second kappa shape index (κ2) is 11.9. The maximum Gasteiger partial charge on any atom is 0.222 e. The summed E-state index contributed by atoms with van der Waals surface area (Å²) in [6, 6.07) is 24.8. The van der Waals surface area contributed by atoms with Gasteiger partial charge in [-0.15, -0.1) is 0 Å². The third kappa shape index (κ3) is 6.01. The van der Waals surface area contributed by atoms with Gasteiger partial charge in [-0.05, 0) is 66.3 Å². The van der Waals surface area contributed by atoms with Crippen molar-refractivity contribution in [2.24, 2.45) is 7.05 Å². The van der Waals surface area contributed by atoms with Gasteiger partial charge in [0, 0.05) is 67.7 Å². The number of rotatable bonds is 7. The average Bonchev–Trinajstić information content (AvgIpc) is 3.28. The van der Waals surface area contributed by atoms with Gasteiger partial charge in [0.25, 0.3) is 0 Å². The Morgan fingerprint density at radius 1 is 0.951 bits per heavy atom. The lowest BCUT2D eigenvalue weighted by Gasteiger charge is -2.38. The minimum absolute atomic E-state index is 0.148. The molecule has 6 nitrogen and oxygen atoms in total. The highest BCUT2D eigenvalue weighted by atomic mass is 35.5. The second-order valence-corrected chi connectivity index (χ2v) is 11.9. The van der Waals surface area contributed by atoms with Gasteiger partial charge in [0.1, 0.15) is 0 Å². The summed E-state index contributed by atoms with van der Waals surface area (Å²) in [6.45, 7) is 4.40. The minimum atomic E-state index is -0.759. The molecule has 3 aromatic carbocycles. The summed E-state index contributed by atoms with van der Waals surface area (Å²) >= 11 is 6.23. The van der Waals surface area contributed by atoms with E-state index in [1.54, 1.807) is 0 Å². The van der Waals surface area contributed by atoms with E-state index in [0.717, 1.165) is 48.6 Å². The number of hydrogen-bond donors (Lipinski definition) is 1. The fourth-order valence-corrected chi connectivity index (χ4v) is 6.60. The van der Waals surface area contributed by atoms with E-state index in [4.69, 9.17) is 16.3 Å². The molecule has 1 amide bonds. The van der Waals surface area contributed by atoms with Crippen LogP contribution in [0.25, 0.3) is 22.2 Å². The molecule has 0 unspecified atom stereocenters. The van der Waals surface area contributed by atoms with Crippen molar-refractivity contribution in [1.82, 2.24) is 9.47 Å². The van der Waals surface area contributed by atoms with E-state index >= 15 is 0 Å². The summed E-state index contributed by atoms with van der Waals surface area (Å²) in [6.07, 6.45) is 2.90. The molecule has 214 valence electrons. The first-order valence-corrected chi connectivity index (χ1v) is 15.0. The zero-order valence-corrected chi connectivity index (χ0v) is 24.4. The number of anilines is 1. The number of carbonyl (C=O) groups is 1. The number of carbonyl (C=O) groups excluding carboxylic acids is 1. The molecule has 0 radical (unpaired) electrons. The van der Waals surface area contributed by atoms with Crippen molar-refractivity contribution in [1.29, 1.82) is 0 Å². The number of likely N-dealkylation sites (tertiary alicyclic amines) is 1. The first kappa shape index (κ1) is 27.8. The lowest BCUT2D eigenvalue weighted by atomic mass is 9.85. The van der Waals surface area contributed by atoms with Gasteiger partial charge in [-0.25, -0.2) is 0 Å². The summed E-state index contributed by atoms with van der Waals surface area (Å²) < 4.78 is 7.82. The van der Waals surface area contributed by atoms with E-state index in [1.165, 1.54) is 16.6 Å². The Morgan fingerprint density at radius 2 is 1.66 bits per heavy atom. The SMILES string of the molecule is Cn1c(-c2ccc(Cl)cc2)c(CCC(=O)N2CCC(O)(Cc3ccccc3)CC2)c2cc(N3CCOCC3)ccc21. The van der Waals surface area contributed by atoms with Gasteiger partial charge in [0.2, 0.25) is 5.91 Å². The van der Waals surface area contributed by atoms with Crippen LogP contribution >= 0.6 is 11.6 Å². The van der Waals surface area contributed by atoms with Gasteiger partial charge in [-0.1, -0.05) is 54.1 Å². The molecule has 4 aromatic rings. The van der Waals surface area contributed by atoms with Gasteiger partial charge in [0.15, 0.2) is 0 Å². The van der Waals surface area contributed by atoms with Crippen molar-refractivity contribution in [3.05, 3.63) is 88.9 Å². The topological polar surface area (TPSA) is 57.9 Å². The Labute approximate surface area is 247 Å². The lowest BCUT2D eigenvalue weighted by molar-refractivity contribution is -0.135. The number of hydrogen-bond acceptors (Lipinski definition) is 4. The number of aliphatic hydroxyl groups is 1. The molecular weight excluding hydrogens is 534 g/mol. The molecule has 2 saturated heterocycles. The zero-order chi connectivity index (χ0) is 28.4. The molecule has 1 N–H and O–H groups in total. The molecule has 0 saturated carbocycles. The van der Waals surface area contributed by atoms with Crippen LogP contribution in [0.15, 0.2) is 72.8 Å². The molecule has 2 aliphatic rings. The molecule has 41 heavy (non-hydrogen) atoms. The number of aromatic nitrogens is 1. The molecule has 0 atom stereocenters. The second-order valence-electron chi connectivity index (χ2n) is 11.5. The third-order valence-electron chi connectivity index (χ3n) is 8.79. The molecule has 6 rings (SSSR count). The number of aryl methyl sites for hydroxylation is 2. The quantitative estimate of drug-likeness (QED) is 0.302. The smallest absolute Gasteiger partial charge is 0.222 e. The molecule has 0 aliphatic carbocycles. The van der Waals surface area contributed by atoms with Crippen molar-refractivity contribution in [3.8, 4) is 11.3 Å². The number of piperidine rings is 1. The van der Waals surface area contributed by atoms with E-state index in [-0.39, 0.29) is 5.91 Å². The van der Waals surface area contributed by atoms with Crippen molar-refractivity contribution in [2.45, 2.75) is 37.7 Å². The fraction of sp³-hybridized carbons (Fsp3) is 0.382. The van der Waals surface area contributed by atoms with Gasteiger partial charge in [-0.3, -0.25) is 4.79 Å². The van der Waals surface area contributed by atoms with Crippen molar-refractivity contribution < 1.29 is 14.6 Å². The van der Waals surface area contributed by atoms with Crippen LogP contribution in [-0.4, -0.2) is 65.5 Å². The van der Waals surface area contributed by atoms with Crippen LogP contribution in [0.2, 0.25) is 5.02 Å². The Balaban J connectivity index is 1.23. The average molecular weight is 572 g/mol. The van der Waals surface area contributed by atoms with Crippen LogP contribution in [-0.2, 0) is 29.4 Å². The Morgan fingerprint density at radius 3 is 2.37 bits per heavy atom. The van der Waals surface area contributed by atoms with Gasteiger partial charge in [-0.2, -0.15) is 0 Å². The Bertz CT molecular complexity index is 1500. The number of morpholine rings is 1. The largest absolute Gasteiger partial charge is 0.389 e. The summed E-state index contributed by atoms with van der Waals surface area (Å²) in [5, 5.41) is 13.1. The maximum atomic E-state index is 13.5. The highest BCUT2D eigenvalue weighted by Crippen LogP contribution is 2.37. The third-order valence-corrected chi connectivity index (χ3v) is 9.05. The van der Waals surface area contributed by atoms with Crippen LogP contribution < -0.4 is 4.90 Å². The van der Waals surface area contributed by atoms with E-state index in [0.29, 0.717) is 50.2 Å². The fourth-order valence-electron chi connectivity index (χ4n) is 6.47. The van der Waals surface area contributed by atoms with Gasteiger partial charge < -0.3 is 24.2 Å². The predicted octanol–water partition coefficient (Wildman–Crippen LogP) is 5.86. The Kier molecular flexibility index (Phi) is 8.07. The molecular formula is C34H38ClN3O3. The van der Waals surface area contributed by atoms with Crippen LogP contribution in [0.1, 0.15) is 30.4 Å².